The van der Waals surface area contributed by atoms with Gasteiger partial charge in [-0.1, -0.05) is 70.5 Å². The van der Waals surface area contributed by atoms with E-state index in [-0.39, 0.29) is 22.6 Å². The van der Waals surface area contributed by atoms with Crippen LogP contribution in [-0.4, -0.2) is 24.5 Å². The molecule has 0 aliphatic heterocycles. The topological polar surface area (TPSA) is 29.5 Å². The van der Waals surface area contributed by atoms with Gasteiger partial charge in [-0.15, -0.1) is 0 Å². The predicted octanol–water partition coefficient (Wildman–Crippen LogP) is 8.31. The van der Waals surface area contributed by atoms with Crippen molar-refractivity contribution in [3.05, 3.63) is 100 Å². The molecule has 1 fully saturated rings. The fraction of sp³-hybridized carbons (Fsp3) is 0.457. The van der Waals surface area contributed by atoms with Crippen molar-refractivity contribution in [2.45, 2.75) is 77.7 Å². The van der Waals surface area contributed by atoms with Crippen molar-refractivity contribution in [1.29, 1.82) is 0 Å². The highest BCUT2D eigenvalue weighted by Gasteiger charge is 2.52. The number of aryl methyl sites for hydroxylation is 1. The summed E-state index contributed by atoms with van der Waals surface area (Å²) in [5.74, 6) is 1.38. The average Bonchev–Trinajstić information content (AvgIpc) is 2.92. The molecule has 3 aromatic carbocycles. The Morgan fingerprint density at radius 1 is 1.05 bits per heavy atom. The fourth-order valence-electron chi connectivity index (χ4n) is 7.64. The van der Waals surface area contributed by atoms with Crippen LogP contribution in [0.5, 0.6) is 5.75 Å². The van der Waals surface area contributed by atoms with E-state index in [4.69, 9.17) is 4.74 Å². The summed E-state index contributed by atoms with van der Waals surface area (Å²) in [5, 5.41) is 0. The van der Waals surface area contributed by atoms with E-state index >= 15 is 0 Å². The molecule has 3 atom stereocenters. The molecule has 206 valence electrons. The Morgan fingerprint density at radius 3 is 2.51 bits per heavy atom. The highest BCUT2D eigenvalue weighted by molar-refractivity contribution is 5.94. The summed E-state index contributed by atoms with van der Waals surface area (Å²) < 4.78 is 19.3. The van der Waals surface area contributed by atoms with Crippen LogP contribution in [0, 0.1) is 17.2 Å². The molecule has 4 heteroatoms. The standard InChI is InChI=1S/C35H42FNO2/c1-24(2)26-13-17-30-27(21-26)14-18-32-34(3,19-8-20-35(30,32)4)23-37(22-28-9-6-7-10-31(28)39-5)33(38)25-11-15-29(36)16-12-25/h6-7,9-13,15-17,21,24,32H,8,14,18-20,22-23H2,1-5H3. The summed E-state index contributed by atoms with van der Waals surface area (Å²) in [6.07, 6.45) is 5.63. The average molecular weight is 528 g/mol. The van der Waals surface area contributed by atoms with Gasteiger partial charge in [0.1, 0.15) is 11.6 Å². The first kappa shape index (κ1) is 27.4. The van der Waals surface area contributed by atoms with E-state index in [9.17, 15) is 9.18 Å². The van der Waals surface area contributed by atoms with E-state index in [1.165, 1.54) is 35.2 Å². The van der Waals surface area contributed by atoms with Crippen LogP contribution < -0.4 is 4.74 Å². The van der Waals surface area contributed by atoms with Crippen LogP contribution in [0.4, 0.5) is 4.39 Å². The molecule has 0 bridgehead atoms. The van der Waals surface area contributed by atoms with Crippen molar-refractivity contribution in [2.24, 2.45) is 11.3 Å². The minimum absolute atomic E-state index is 0.0425. The van der Waals surface area contributed by atoms with Crippen molar-refractivity contribution in [3.63, 3.8) is 0 Å². The van der Waals surface area contributed by atoms with Gasteiger partial charge in [0.15, 0.2) is 0 Å². The molecular formula is C35H42FNO2. The van der Waals surface area contributed by atoms with Gasteiger partial charge in [-0.3, -0.25) is 4.79 Å². The molecule has 0 heterocycles. The number of benzene rings is 3. The van der Waals surface area contributed by atoms with Gasteiger partial charge >= 0.3 is 0 Å². The zero-order chi connectivity index (χ0) is 27.8. The number of carbonyl (C=O) groups is 1. The number of amides is 1. The van der Waals surface area contributed by atoms with Gasteiger partial charge in [0, 0.05) is 24.2 Å². The molecule has 2 aliphatic rings. The molecule has 3 aromatic rings. The molecule has 1 saturated carbocycles. The molecule has 0 radical (unpaired) electrons. The third-order valence-electron chi connectivity index (χ3n) is 9.65. The van der Waals surface area contributed by atoms with Crippen LogP contribution in [0.2, 0.25) is 0 Å². The molecule has 0 aromatic heterocycles. The lowest BCUT2D eigenvalue weighted by Crippen LogP contribution is -2.53. The number of para-hydroxylation sites is 1. The third-order valence-corrected chi connectivity index (χ3v) is 9.65. The van der Waals surface area contributed by atoms with Crippen LogP contribution in [0.1, 0.15) is 91.9 Å². The Balaban J connectivity index is 1.50. The lowest BCUT2D eigenvalue weighted by atomic mass is 9.49. The molecule has 2 aliphatic carbocycles. The number of hydrogen-bond acceptors (Lipinski definition) is 2. The number of fused-ring (bicyclic) bond motifs is 3. The number of methoxy groups -OCH3 is 1. The highest BCUT2D eigenvalue weighted by atomic mass is 19.1. The zero-order valence-corrected chi connectivity index (χ0v) is 24.1. The summed E-state index contributed by atoms with van der Waals surface area (Å²) in [7, 11) is 1.67. The van der Waals surface area contributed by atoms with Crippen molar-refractivity contribution >= 4 is 5.91 Å². The maximum Gasteiger partial charge on any atom is 0.254 e. The second-order valence-corrected chi connectivity index (χ2v) is 12.6. The summed E-state index contributed by atoms with van der Waals surface area (Å²) in [6, 6.07) is 21.0. The largest absolute Gasteiger partial charge is 0.496 e. The molecule has 3 unspecified atom stereocenters. The lowest BCUT2D eigenvalue weighted by Gasteiger charge is -2.56. The lowest BCUT2D eigenvalue weighted by molar-refractivity contribution is -0.00292. The Bertz CT molecular complexity index is 1330. The smallest absolute Gasteiger partial charge is 0.254 e. The molecule has 39 heavy (non-hydrogen) atoms. The summed E-state index contributed by atoms with van der Waals surface area (Å²) >= 11 is 0. The van der Waals surface area contributed by atoms with Gasteiger partial charge in [-0.2, -0.15) is 0 Å². The molecule has 0 spiro atoms. The molecular weight excluding hydrogens is 485 g/mol. The Kier molecular flexibility index (Phi) is 7.59. The number of nitrogens with zero attached hydrogens (tertiary/aromatic N) is 1. The Morgan fingerprint density at radius 2 is 1.79 bits per heavy atom. The van der Waals surface area contributed by atoms with Gasteiger partial charge < -0.3 is 9.64 Å². The van der Waals surface area contributed by atoms with Crippen LogP contribution in [0.25, 0.3) is 0 Å². The van der Waals surface area contributed by atoms with Gasteiger partial charge in [-0.25, -0.2) is 4.39 Å². The van der Waals surface area contributed by atoms with E-state index in [0.29, 0.717) is 30.5 Å². The van der Waals surface area contributed by atoms with E-state index in [2.05, 4.69) is 45.9 Å². The van der Waals surface area contributed by atoms with Gasteiger partial charge in [0.25, 0.3) is 5.91 Å². The first-order valence-electron chi connectivity index (χ1n) is 14.4. The second-order valence-electron chi connectivity index (χ2n) is 12.6. The monoisotopic (exact) mass is 527 g/mol. The first-order valence-corrected chi connectivity index (χ1v) is 14.4. The number of rotatable bonds is 7. The summed E-state index contributed by atoms with van der Waals surface area (Å²) in [4.78, 5) is 16.0. The quantitative estimate of drug-likeness (QED) is 0.309. The van der Waals surface area contributed by atoms with Gasteiger partial charge in [0.05, 0.1) is 7.11 Å². The third kappa shape index (κ3) is 5.23. The van der Waals surface area contributed by atoms with Crippen LogP contribution in [0.3, 0.4) is 0 Å². The molecule has 1 amide bonds. The number of halogens is 1. The highest BCUT2D eigenvalue weighted by Crippen LogP contribution is 2.57. The van der Waals surface area contributed by atoms with Crippen LogP contribution >= 0.6 is 0 Å². The first-order chi connectivity index (χ1) is 18.6. The van der Waals surface area contributed by atoms with Crippen molar-refractivity contribution in [1.82, 2.24) is 4.90 Å². The van der Waals surface area contributed by atoms with E-state index in [1.54, 1.807) is 19.2 Å². The maximum atomic E-state index is 14.0. The maximum absolute atomic E-state index is 14.0. The van der Waals surface area contributed by atoms with Crippen LogP contribution in [0.15, 0.2) is 66.7 Å². The minimum Gasteiger partial charge on any atom is -0.496 e. The molecule has 3 nitrogen and oxygen atoms in total. The molecule has 0 N–H and O–H groups in total. The fourth-order valence-corrected chi connectivity index (χ4v) is 7.64. The minimum atomic E-state index is -0.334. The Labute approximate surface area is 233 Å². The van der Waals surface area contributed by atoms with Crippen molar-refractivity contribution in [3.8, 4) is 5.75 Å². The van der Waals surface area contributed by atoms with E-state index in [1.807, 2.05) is 29.2 Å². The number of carbonyl (C=O) groups excluding carboxylic acids is 1. The second kappa shape index (κ2) is 10.8. The molecule has 5 rings (SSSR count). The van der Waals surface area contributed by atoms with E-state index in [0.717, 1.165) is 37.0 Å². The summed E-state index contributed by atoms with van der Waals surface area (Å²) in [5.41, 5.74) is 5.98. The SMILES string of the molecule is COc1ccccc1CN(CC1(C)CCCC2(C)c3ccc(C(C)C)cc3CCC12)C(=O)c1ccc(F)cc1. The van der Waals surface area contributed by atoms with E-state index < -0.39 is 0 Å². The van der Waals surface area contributed by atoms with Crippen molar-refractivity contribution < 1.29 is 13.9 Å². The summed E-state index contributed by atoms with van der Waals surface area (Å²) in [6.45, 7) is 10.5. The van der Waals surface area contributed by atoms with Crippen molar-refractivity contribution in [2.75, 3.05) is 13.7 Å². The van der Waals surface area contributed by atoms with Gasteiger partial charge in [0.2, 0.25) is 0 Å². The zero-order valence-electron chi connectivity index (χ0n) is 24.1. The number of hydrogen-bond donors (Lipinski definition) is 0. The predicted molar refractivity (Wildman–Crippen MR) is 156 cm³/mol. The normalized spacial score (nSPS) is 24.1. The van der Waals surface area contributed by atoms with Crippen LogP contribution in [-0.2, 0) is 18.4 Å². The Hall–Kier alpha value is -3.14. The molecule has 0 saturated heterocycles. The number of ether oxygens (including phenoxy) is 1. The van der Waals surface area contributed by atoms with Gasteiger partial charge in [-0.05, 0) is 95.4 Å².